The Morgan fingerprint density at radius 3 is 2.23 bits per heavy atom. The first-order chi connectivity index (χ1) is 9.93. The quantitative estimate of drug-likeness (QED) is 0.770. The summed E-state index contributed by atoms with van der Waals surface area (Å²) in [4.78, 5) is 12.0. The van der Waals surface area contributed by atoms with Crippen LogP contribution in [0.4, 0.5) is 0 Å². The van der Waals surface area contributed by atoms with E-state index < -0.39 is 0 Å². The molecule has 0 aromatic heterocycles. The second-order valence-electron chi connectivity index (χ2n) is 5.96. The molecule has 1 aromatic rings. The van der Waals surface area contributed by atoms with Crippen molar-refractivity contribution in [2.75, 3.05) is 20.2 Å². The fourth-order valence-electron chi connectivity index (χ4n) is 1.95. The Labute approximate surface area is 140 Å². The number of ether oxygens (including phenoxy) is 1. The fourth-order valence-corrected chi connectivity index (χ4v) is 1.95. The van der Waals surface area contributed by atoms with Crippen LogP contribution in [-0.2, 0) is 4.79 Å². The summed E-state index contributed by atoms with van der Waals surface area (Å²) in [6.45, 7) is 9.56. The van der Waals surface area contributed by atoms with Gasteiger partial charge in [0.25, 0.3) is 0 Å². The molecule has 1 aromatic carbocycles. The van der Waals surface area contributed by atoms with Gasteiger partial charge in [0.1, 0.15) is 5.75 Å². The average molecular weight is 329 g/mol. The summed E-state index contributed by atoms with van der Waals surface area (Å²) >= 11 is 0. The minimum absolute atomic E-state index is 0. The van der Waals surface area contributed by atoms with Crippen molar-refractivity contribution in [3.8, 4) is 5.75 Å². The highest BCUT2D eigenvalue weighted by Gasteiger charge is 2.15. The lowest BCUT2D eigenvalue weighted by molar-refractivity contribution is -0.125. The molecule has 126 valence electrons. The van der Waals surface area contributed by atoms with Crippen LogP contribution in [0.5, 0.6) is 5.75 Å². The second kappa shape index (κ2) is 10.5. The molecular weight excluding hydrogens is 300 g/mol. The van der Waals surface area contributed by atoms with Crippen molar-refractivity contribution in [3.63, 3.8) is 0 Å². The van der Waals surface area contributed by atoms with Gasteiger partial charge < -0.3 is 15.4 Å². The van der Waals surface area contributed by atoms with Crippen LogP contribution in [0.1, 0.15) is 39.3 Å². The van der Waals surface area contributed by atoms with E-state index in [-0.39, 0.29) is 30.3 Å². The average Bonchev–Trinajstić information content (AvgIpc) is 2.45. The molecule has 22 heavy (non-hydrogen) atoms. The summed E-state index contributed by atoms with van der Waals surface area (Å²) in [7, 11) is 1.85. The molecule has 4 nitrogen and oxygen atoms in total. The van der Waals surface area contributed by atoms with E-state index in [2.05, 4.69) is 24.5 Å². The van der Waals surface area contributed by atoms with Gasteiger partial charge in [0.2, 0.25) is 5.91 Å². The van der Waals surface area contributed by atoms with Crippen molar-refractivity contribution >= 4 is 18.3 Å². The third kappa shape index (κ3) is 7.14. The number of carbonyl (C=O) groups excluding carboxylic acids is 1. The summed E-state index contributed by atoms with van der Waals surface area (Å²) in [5.41, 5.74) is 1.08. The van der Waals surface area contributed by atoms with Gasteiger partial charge in [-0.25, -0.2) is 0 Å². The van der Waals surface area contributed by atoms with Crippen molar-refractivity contribution in [3.05, 3.63) is 29.8 Å². The maximum absolute atomic E-state index is 12.0. The molecule has 0 heterocycles. The van der Waals surface area contributed by atoms with Crippen molar-refractivity contribution in [2.45, 2.75) is 33.7 Å². The third-order valence-electron chi connectivity index (χ3n) is 3.28. The summed E-state index contributed by atoms with van der Waals surface area (Å²) in [5.74, 6) is 1.41. The highest BCUT2D eigenvalue weighted by atomic mass is 35.5. The normalized spacial score (nSPS) is 13.2. The van der Waals surface area contributed by atoms with Gasteiger partial charge >= 0.3 is 0 Å². The number of benzene rings is 1. The van der Waals surface area contributed by atoms with E-state index >= 15 is 0 Å². The SMILES string of the molecule is CNCC(C)C(=O)NC(C)c1ccc(OCC(C)C)cc1.Cl. The molecule has 0 saturated carbocycles. The van der Waals surface area contributed by atoms with Crippen LogP contribution in [0, 0.1) is 11.8 Å². The monoisotopic (exact) mass is 328 g/mol. The van der Waals surface area contributed by atoms with Gasteiger partial charge in [0, 0.05) is 12.5 Å². The number of carbonyl (C=O) groups is 1. The van der Waals surface area contributed by atoms with Gasteiger partial charge in [-0.15, -0.1) is 12.4 Å². The topological polar surface area (TPSA) is 50.4 Å². The lowest BCUT2D eigenvalue weighted by Gasteiger charge is -2.18. The summed E-state index contributed by atoms with van der Waals surface area (Å²) in [5, 5.41) is 6.05. The first-order valence-electron chi connectivity index (χ1n) is 7.61. The Kier molecular flexibility index (Phi) is 9.86. The first kappa shape index (κ1) is 20.7. The smallest absolute Gasteiger partial charge is 0.224 e. The van der Waals surface area contributed by atoms with Gasteiger partial charge in [-0.2, -0.15) is 0 Å². The molecule has 0 radical (unpaired) electrons. The van der Waals surface area contributed by atoms with Crippen LogP contribution >= 0.6 is 12.4 Å². The lowest BCUT2D eigenvalue weighted by atomic mass is 10.1. The number of hydrogen-bond acceptors (Lipinski definition) is 3. The number of rotatable bonds is 8. The zero-order valence-corrected chi connectivity index (χ0v) is 15.0. The number of hydrogen-bond donors (Lipinski definition) is 2. The summed E-state index contributed by atoms with van der Waals surface area (Å²) in [6, 6.07) is 7.91. The van der Waals surface area contributed by atoms with Gasteiger partial charge in [-0.3, -0.25) is 4.79 Å². The van der Waals surface area contributed by atoms with Crippen LogP contribution in [0.3, 0.4) is 0 Å². The van der Waals surface area contributed by atoms with E-state index in [9.17, 15) is 4.79 Å². The Morgan fingerprint density at radius 2 is 1.73 bits per heavy atom. The van der Waals surface area contributed by atoms with E-state index in [0.29, 0.717) is 19.1 Å². The van der Waals surface area contributed by atoms with Crippen LogP contribution in [0.15, 0.2) is 24.3 Å². The predicted molar refractivity (Wildman–Crippen MR) is 93.7 cm³/mol. The van der Waals surface area contributed by atoms with Crippen LogP contribution in [-0.4, -0.2) is 26.1 Å². The number of amides is 1. The molecule has 0 saturated heterocycles. The van der Waals surface area contributed by atoms with Crippen LogP contribution < -0.4 is 15.4 Å². The highest BCUT2D eigenvalue weighted by Crippen LogP contribution is 2.18. The first-order valence-corrected chi connectivity index (χ1v) is 7.61. The zero-order valence-electron chi connectivity index (χ0n) is 14.2. The Bertz CT molecular complexity index is 435. The molecule has 2 unspecified atom stereocenters. The van der Waals surface area contributed by atoms with Crippen LogP contribution in [0.25, 0.3) is 0 Å². The molecule has 0 bridgehead atoms. The third-order valence-corrected chi connectivity index (χ3v) is 3.28. The number of nitrogens with one attached hydrogen (secondary N) is 2. The Morgan fingerprint density at radius 1 is 1.14 bits per heavy atom. The molecule has 2 N–H and O–H groups in total. The summed E-state index contributed by atoms with van der Waals surface area (Å²) < 4.78 is 5.66. The minimum Gasteiger partial charge on any atom is -0.493 e. The van der Waals surface area contributed by atoms with Gasteiger partial charge in [-0.05, 0) is 37.6 Å². The maximum atomic E-state index is 12.0. The molecule has 5 heteroatoms. The zero-order chi connectivity index (χ0) is 15.8. The van der Waals surface area contributed by atoms with Gasteiger partial charge in [0.15, 0.2) is 0 Å². The van der Waals surface area contributed by atoms with E-state index in [1.807, 2.05) is 45.2 Å². The van der Waals surface area contributed by atoms with E-state index in [1.165, 1.54) is 0 Å². The molecule has 0 spiro atoms. The maximum Gasteiger partial charge on any atom is 0.224 e. The molecule has 0 aliphatic carbocycles. The molecule has 0 aliphatic rings. The molecule has 1 amide bonds. The van der Waals surface area contributed by atoms with E-state index in [0.717, 1.165) is 11.3 Å². The molecule has 2 atom stereocenters. The molecule has 0 aliphatic heterocycles. The Hall–Kier alpha value is -1.26. The molecule has 1 rings (SSSR count). The van der Waals surface area contributed by atoms with E-state index in [1.54, 1.807) is 0 Å². The van der Waals surface area contributed by atoms with Crippen molar-refractivity contribution in [1.82, 2.24) is 10.6 Å². The van der Waals surface area contributed by atoms with Crippen molar-refractivity contribution < 1.29 is 9.53 Å². The standard InChI is InChI=1S/C17H28N2O2.ClH/c1-12(2)11-21-16-8-6-15(7-9-16)14(4)19-17(20)13(3)10-18-5;/h6-9,12-14,18H,10-11H2,1-5H3,(H,19,20);1H. The predicted octanol–water partition coefficient (Wildman–Crippen LogP) is 3.18. The summed E-state index contributed by atoms with van der Waals surface area (Å²) in [6.07, 6.45) is 0. The van der Waals surface area contributed by atoms with Crippen LogP contribution in [0.2, 0.25) is 0 Å². The largest absolute Gasteiger partial charge is 0.493 e. The lowest BCUT2D eigenvalue weighted by Crippen LogP contribution is -2.35. The molecule has 0 fully saturated rings. The van der Waals surface area contributed by atoms with Gasteiger partial charge in [-0.1, -0.05) is 32.9 Å². The second-order valence-corrected chi connectivity index (χ2v) is 5.96. The van der Waals surface area contributed by atoms with Crippen molar-refractivity contribution in [1.29, 1.82) is 0 Å². The minimum atomic E-state index is -0.0360. The van der Waals surface area contributed by atoms with Crippen molar-refractivity contribution in [2.24, 2.45) is 11.8 Å². The number of halogens is 1. The highest BCUT2D eigenvalue weighted by molar-refractivity contribution is 5.85. The fraction of sp³-hybridized carbons (Fsp3) is 0.588. The van der Waals surface area contributed by atoms with E-state index in [4.69, 9.17) is 4.74 Å². The van der Waals surface area contributed by atoms with Gasteiger partial charge in [0.05, 0.1) is 12.6 Å². The Balaban J connectivity index is 0.00000441. The molecular formula is C17H29ClN2O2.